The van der Waals surface area contributed by atoms with Crippen molar-refractivity contribution in [1.82, 2.24) is 5.32 Å². The third-order valence-electron chi connectivity index (χ3n) is 4.86. The van der Waals surface area contributed by atoms with Crippen LogP contribution in [0.2, 0.25) is 5.02 Å². The highest BCUT2D eigenvalue weighted by Crippen LogP contribution is 2.32. The Morgan fingerprint density at radius 1 is 1.00 bits per heavy atom. The maximum absolute atomic E-state index is 12.4. The highest BCUT2D eigenvalue weighted by molar-refractivity contribution is 6.32. The van der Waals surface area contributed by atoms with E-state index in [0.717, 1.165) is 38.6 Å². The lowest BCUT2D eigenvalue weighted by Crippen LogP contribution is -2.31. The van der Waals surface area contributed by atoms with Crippen molar-refractivity contribution in [2.75, 3.05) is 13.7 Å². The van der Waals surface area contributed by atoms with Gasteiger partial charge in [-0.25, -0.2) is 0 Å². The van der Waals surface area contributed by atoms with Crippen molar-refractivity contribution in [3.63, 3.8) is 0 Å². The quantitative estimate of drug-likeness (QED) is 0.649. The molecule has 0 aliphatic heterocycles. The van der Waals surface area contributed by atoms with E-state index in [9.17, 15) is 4.79 Å². The van der Waals surface area contributed by atoms with E-state index in [1.54, 1.807) is 7.11 Å². The van der Waals surface area contributed by atoms with Gasteiger partial charge in [0.05, 0.1) is 13.2 Å². The highest BCUT2D eigenvalue weighted by atomic mass is 35.5. The average Bonchev–Trinajstić information content (AvgIpc) is 2.63. The first-order valence-electron chi connectivity index (χ1n) is 9.51. The molecule has 0 aromatic heterocycles. The predicted octanol–water partition coefficient (Wildman–Crippen LogP) is 5.65. The Morgan fingerprint density at radius 3 is 2.14 bits per heavy atom. The van der Waals surface area contributed by atoms with Gasteiger partial charge in [-0.2, -0.15) is 0 Å². The van der Waals surface area contributed by atoms with E-state index < -0.39 is 0 Å². The van der Waals surface area contributed by atoms with Gasteiger partial charge in [-0.05, 0) is 85.7 Å². The minimum Gasteiger partial charge on any atom is -0.496 e. The summed E-state index contributed by atoms with van der Waals surface area (Å²) in [7, 11) is 1.68. The highest BCUT2D eigenvalue weighted by Gasteiger charge is 2.17. The first kappa shape index (κ1) is 22.1. The number of methoxy groups -OCH3 is 1. The van der Waals surface area contributed by atoms with Crippen LogP contribution in [-0.4, -0.2) is 19.6 Å². The van der Waals surface area contributed by atoms with Gasteiger partial charge in [0.1, 0.15) is 11.5 Å². The summed E-state index contributed by atoms with van der Waals surface area (Å²) in [6.45, 7) is 12.1. The van der Waals surface area contributed by atoms with Gasteiger partial charge >= 0.3 is 0 Å². The summed E-state index contributed by atoms with van der Waals surface area (Å²) in [5.41, 5.74) is 5.16. The standard InChI is InChI=1S/C23H30ClNO3/c1-13(2)19-11-20(14(3)10-21(19)27-7)17(6)25-22(26)12-28-18-8-15(4)23(24)16(5)9-18/h8-11,13,17H,12H2,1-7H3,(H,25,26)/t17-/m1/s1. The molecule has 0 radical (unpaired) electrons. The number of carbonyl (C=O) groups is 1. The van der Waals surface area contributed by atoms with Crippen molar-refractivity contribution >= 4 is 17.5 Å². The summed E-state index contributed by atoms with van der Waals surface area (Å²) in [6, 6.07) is 7.70. The Labute approximate surface area is 173 Å². The number of carbonyl (C=O) groups excluding carboxylic acids is 1. The van der Waals surface area contributed by atoms with Crippen molar-refractivity contribution in [1.29, 1.82) is 0 Å². The fourth-order valence-electron chi connectivity index (χ4n) is 3.31. The normalized spacial score (nSPS) is 12.0. The van der Waals surface area contributed by atoms with Gasteiger partial charge in [-0.3, -0.25) is 4.79 Å². The molecule has 0 aliphatic rings. The molecule has 4 nitrogen and oxygen atoms in total. The number of nitrogens with one attached hydrogen (secondary N) is 1. The molecule has 0 bridgehead atoms. The van der Waals surface area contributed by atoms with Gasteiger partial charge < -0.3 is 14.8 Å². The molecule has 2 rings (SSSR count). The van der Waals surface area contributed by atoms with Crippen LogP contribution < -0.4 is 14.8 Å². The molecule has 152 valence electrons. The summed E-state index contributed by atoms with van der Waals surface area (Å²) in [6.07, 6.45) is 0. The maximum Gasteiger partial charge on any atom is 0.258 e. The first-order chi connectivity index (χ1) is 13.1. The number of rotatable bonds is 7. The molecule has 0 unspecified atom stereocenters. The molecule has 1 N–H and O–H groups in total. The van der Waals surface area contributed by atoms with Crippen LogP contribution in [0.1, 0.15) is 60.5 Å². The van der Waals surface area contributed by atoms with Crippen molar-refractivity contribution in [3.8, 4) is 11.5 Å². The van der Waals surface area contributed by atoms with E-state index in [0.29, 0.717) is 11.7 Å². The molecule has 0 aliphatic carbocycles. The lowest BCUT2D eigenvalue weighted by atomic mass is 9.93. The SMILES string of the molecule is COc1cc(C)c([C@@H](C)NC(=O)COc2cc(C)c(Cl)c(C)c2)cc1C(C)C. The third-order valence-corrected chi connectivity index (χ3v) is 5.46. The van der Waals surface area contributed by atoms with Crippen LogP contribution in [0.25, 0.3) is 0 Å². The molecule has 1 amide bonds. The topological polar surface area (TPSA) is 47.6 Å². The Kier molecular flexibility index (Phi) is 7.36. The predicted molar refractivity (Wildman–Crippen MR) is 115 cm³/mol. The van der Waals surface area contributed by atoms with E-state index in [-0.39, 0.29) is 18.6 Å². The number of hydrogen-bond acceptors (Lipinski definition) is 3. The minimum absolute atomic E-state index is 0.0446. The van der Waals surface area contributed by atoms with E-state index in [1.807, 2.05) is 45.9 Å². The van der Waals surface area contributed by atoms with Crippen LogP contribution in [0.3, 0.4) is 0 Å². The Balaban J connectivity index is 2.07. The van der Waals surface area contributed by atoms with Crippen LogP contribution in [-0.2, 0) is 4.79 Å². The molecule has 28 heavy (non-hydrogen) atoms. The van der Waals surface area contributed by atoms with Crippen LogP contribution in [0, 0.1) is 20.8 Å². The fraction of sp³-hybridized carbons (Fsp3) is 0.435. The van der Waals surface area contributed by atoms with Crippen molar-refractivity contribution in [2.24, 2.45) is 0 Å². The number of halogens is 1. The van der Waals surface area contributed by atoms with E-state index >= 15 is 0 Å². The molecule has 0 saturated carbocycles. The molecule has 0 heterocycles. The molecular formula is C23H30ClNO3. The number of benzene rings is 2. The molecule has 2 aromatic carbocycles. The van der Waals surface area contributed by atoms with Gasteiger partial charge in [0.2, 0.25) is 0 Å². The number of aryl methyl sites for hydroxylation is 3. The summed E-state index contributed by atoms with van der Waals surface area (Å²) in [5.74, 6) is 1.69. The Bertz CT molecular complexity index is 838. The number of amides is 1. The Morgan fingerprint density at radius 2 is 1.61 bits per heavy atom. The second-order valence-electron chi connectivity index (χ2n) is 7.55. The van der Waals surface area contributed by atoms with Gasteiger partial charge in [0.15, 0.2) is 6.61 Å². The largest absolute Gasteiger partial charge is 0.496 e. The monoisotopic (exact) mass is 403 g/mol. The van der Waals surface area contributed by atoms with Crippen LogP contribution in [0.5, 0.6) is 11.5 Å². The Hall–Kier alpha value is -2.20. The lowest BCUT2D eigenvalue weighted by molar-refractivity contribution is -0.123. The van der Waals surface area contributed by atoms with Crippen molar-refractivity contribution < 1.29 is 14.3 Å². The second-order valence-corrected chi connectivity index (χ2v) is 7.93. The fourth-order valence-corrected chi connectivity index (χ4v) is 3.42. The molecular weight excluding hydrogens is 374 g/mol. The molecule has 0 saturated heterocycles. The molecule has 5 heteroatoms. The number of hydrogen-bond donors (Lipinski definition) is 1. The zero-order valence-electron chi connectivity index (χ0n) is 17.8. The van der Waals surface area contributed by atoms with Crippen LogP contribution in [0.15, 0.2) is 24.3 Å². The third kappa shape index (κ3) is 5.20. The summed E-state index contributed by atoms with van der Waals surface area (Å²) < 4.78 is 11.2. The lowest BCUT2D eigenvalue weighted by Gasteiger charge is -2.21. The first-order valence-corrected chi connectivity index (χ1v) is 9.89. The summed E-state index contributed by atoms with van der Waals surface area (Å²) in [4.78, 5) is 12.4. The molecule has 2 aromatic rings. The van der Waals surface area contributed by atoms with Gasteiger partial charge in [0, 0.05) is 5.02 Å². The van der Waals surface area contributed by atoms with Crippen molar-refractivity contribution in [3.05, 3.63) is 57.1 Å². The number of ether oxygens (including phenoxy) is 2. The maximum atomic E-state index is 12.4. The van der Waals surface area contributed by atoms with Crippen LogP contribution in [0.4, 0.5) is 0 Å². The average molecular weight is 404 g/mol. The van der Waals surface area contributed by atoms with E-state index in [4.69, 9.17) is 21.1 Å². The molecule has 0 fully saturated rings. The van der Waals surface area contributed by atoms with Gasteiger partial charge in [0.25, 0.3) is 5.91 Å². The van der Waals surface area contributed by atoms with Crippen molar-refractivity contribution in [2.45, 2.75) is 53.5 Å². The van der Waals surface area contributed by atoms with Crippen LogP contribution >= 0.6 is 11.6 Å². The summed E-state index contributed by atoms with van der Waals surface area (Å²) >= 11 is 6.18. The zero-order chi connectivity index (χ0) is 21.0. The molecule has 0 spiro atoms. The van der Waals surface area contributed by atoms with E-state index in [2.05, 4.69) is 25.2 Å². The second kappa shape index (κ2) is 9.33. The van der Waals surface area contributed by atoms with E-state index in [1.165, 1.54) is 0 Å². The smallest absolute Gasteiger partial charge is 0.258 e. The van der Waals surface area contributed by atoms with Gasteiger partial charge in [-0.15, -0.1) is 0 Å². The minimum atomic E-state index is -0.168. The zero-order valence-corrected chi connectivity index (χ0v) is 18.5. The molecule has 1 atom stereocenters. The summed E-state index contributed by atoms with van der Waals surface area (Å²) in [5, 5.41) is 3.74. The van der Waals surface area contributed by atoms with Gasteiger partial charge in [-0.1, -0.05) is 25.4 Å².